The van der Waals surface area contributed by atoms with Gasteiger partial charge in [0.2, 0.25) is 11.7 Å². The number of oxazole rings is 1. The van der Waals surface area contributed by atoms with Gasteiger partial charge >= 0.3 is 0 Å². The van der Waals surface area contributed by atoms with E-state index in [1.54, 1.807) is 13.0 Å². The molecule has 1 aliphatic rings. The summed E-state index contributed by atoms with van der Waals surface area (Å²) >= 11 is 0. The van der Waals surface area contributed by atoms with Crippen molar-refractivity contribution < 1.29 is 14.0 Å². The Balaban J connectivity index is 2.73. The number of ketones is 2. The summed E-state index contributed by atoms with van der Waals surface area (Å²) in [4.78, 5) is 32.4. The first-order valence-electron chi connectivity index (χ1n) is 6.27. The first-order chi connectivity index (χ1) is 9.31. The van der Waals surface area contributed by atoms with Crippen molar-refractivity contribution in [2.45, 2.75) is 33.1 Å². The molecule has 0 spiro atoms. The van der Waals surface area contributed by atoms with Gasteiger partial charge in [0.25, 0.3) is 11.6 Å². The van der Waals surface area contributed by atoms with E-state index < -0.39 is 11.6 Å². The molecule has 0 fully saturated rings. The highest BCUT2D eigenvalue weighted by Gasteiger charge is 2.40. The molecule has 0 saturated carbocycles. The molecule has 1 aromatic rings. The molecule has 1 aliphatic carbocycles. The molecule has 0 aromatic carbocycles. The third-order valence-corrected chi connectivity index (χ3v) is 2.92. The third-order valence-electron chi connectivity index (χ3n) is 2.92. The molecular formula is C15H16N2O3. The van der Waals surface area contributed by atoms with E-state index in [1.807, 2.05) is 20.8 Å². The van der Waals surface area contributed by atoms with Gasteiger partial charge in [0.05, 0.1) is 0 Å². The number of aliphatic imine (C=N–C) groups is 1. The summed E-state index contributed by atoms with van der Waals surface area (Å²) in [5.41, 5.74) is 0.593. The van der Waals surface area contributed by atoms with Crippen LogP contribution in [-0.4, -0.2) is 22.3 Å². The second kappa shape index (κ2) is 4.67. The Morgan fingerprint density at radius 2 is 1.90 bits per heavy atom. The number of rotatable bonds is 1. The molecule has 0 atom stereocenters. The predicted molar refractivity (Wildman–Crippen MR) is 75.8 cm³/mol. The molecule has 104 valence electrons. The molecular weight excluding hydrogens is 256 g/mol. The lowest BCUT2D eigenvalue weighted by Gasteiger charge is -2.11. The van der Waals surface area contributed by atoms with E-state index in [4.69, 9.17) is 4.42 Å². The first-order valence-corrected chi connectivity index (χ1v) is 6.27. The van der Waals surface area contributed by atoms with Gasteiger partial charge in [-0.1, -0.05) is 33.4 Å². The number of carbonyl (C=O) groups excluding carboxylic acids is 2. The molecule has 0 N–H and O–H groups in total. The number of allylic oxidation sites excluding steroid dienone is 2. The molecule has 2 rings (SSSR count). The first kappa shape index (κ1) is 14.1. The number of aromatic nitrogens is 1. The van der Waals surface area contributed by atoms with Gasteiger partial charge in [-0.15, -0.1) is 0 Å². The van der Waals surface area contributed by atoms with Crippen LogP contribution in [-0.2, 0) is 10.2 Å². The van der Waals surface area contributed by atoms with Crippen molar-refractivity contribution in [2.24, 2.45) is 4.99 Å². The number of fused-ring (bicyclic) bond motifs is 1. The normalized spacial score (nSPS) is 19.6. The maximum Gasteiger partial charge on any atom is 0.272 e. The quantitative estimate of drug-likeness (QED) is 0.737. The van der Waals surface area contributed by atoms with Gasteiger partial charge in [0.15, 0.2) is 0 Å². The van der Waals surface area contributed by atoms with Crippen LogP contribution in [0.15, 0.2) is 28.3 Å². The van der Waals surface area contributed by atoms with Crippen LogP contribution in [0.2, 0.25) is 0 Å². The summed E-state index contributed by atoms with van der Waals surface area (Å²) in [5, 5.41) is 0. The fourth-order valence-electron chi connectivity index (χ4n) is 1.92. The van der Waals surface area contributed by atoms with E-state index in [0.717, 1.165) is 0 Å². The summed E-state index contributed by atoms with van der Waals surface area (Å²) in [6.45, 7) is 11.0. The third kappa shape index (κ3) is 2.05. The van der Waals surface area contributed by atoms with Crippen LogP contribution in [0.4, 0.5) is 0 Å². The van der Waals surface area contributed by atoms with Gasteiger partial charge in [-0.25, -0.2) is 4.98 Å². The van der Waals surface area contributed by atoms with Crippen LogP contribution in [0.25, 0.3) is 5.57 Å². The van der Waals surface area contributed by atoms with Gasteiger partial charge < -0.3 is 4.42 Å². The van der Waals surface area contributed by atoms with Crippen molar-refractivity contribution in [2.75, 3.05) is 0 Å². The van der Waals surface area contributed by atoms with Gasteiger partial charge in [-0.05, 0) is 6.92 Å². The van der Waals surface area contributed by atoms with Crippen molar-refractivity contribution in [3.05, 3.63) is 36.2 Å². The number of carbonyl (C=O) groups is 2. The molecule has 5 nitrogen and oxygen atoms in total. The van der Waals surface area contributed by atoms with E-state index in [2.05, 4.69) is 16.6 Å². The van der Waals surface area contributed by atoms with Crippen LogP contribution < -0.4 is 0 Å². The molecule has 1 heterocycles. The number of nitrogens with zero attached hydrogens (tertiary/aromatic N) is 2. The van der Waals surface area contributed by atoms with E-state index >= 15 is 0 Å². The van der Waals surface area contributed by atoms with Gasteiger partial charge in [0, 0.05) is 17.2 Å². The number of hydrogen-bond donors (Lipinski definition) is 0. The summed E-state index contributed by atoms with van der Waals surface area (Å²) < 4.78 is 5.51. The summed E-state index contributed by atoms with van der Waals surface area (Å²) in [6.07, 6.45) is 2.93. The van der Waals surface area contributed by atoms with Crippen molar-refractivity contribution >= 4 is 22.9 Å². The standard InChI is InChI=1S/C15H16N2O3/c1-6-8-9(16-7-2)11(18)12(19)13-10(8)17-14(20-13)15(3,4)5/h6-7H,2H2,1,3-5H3/b8-6+,16-9+. The fourth-order valence-corrected chi connectivity index (χ4v) is 1.92. The average Bonchev–Trinajstić information content (AvgIpc) is 2.81. The minimum absolute atomic E-state index is 0.00367. The largest absolute Gasteiger partial charge is 0.436 e. The van der Waals surface area contributed by atoms with E-state index in [-0.39, 0.29) is 16.9 Å². The Labute approximate surface area is 117 Å². The Bertz CT molecular complexity index is 670. The lowest BCUT2D eigenvalue weighted by atomic mass is 9.91. The monoisotopic (exact) mass is 272 g/mol. The van der Waals surface area contributed by atoms with E-state index in [1.165, 1.54) is 6.20 Å². The minimum Gasteiger partial charge on any atom is -0.436 e. The van der Waals surface area contributed by atoms with Gasteiger partial charge in [-0.2, -0.15) is 0 Å². The molecule has 1 aromatic heterocycles. The highest BCUT2D eigenvalue weighted by atomic mass is 16.4. The van der Waals surface area contributed by atoms with Crippen LogP contribution >= 0.6 is 0 Å². The zero-order chi connectivity index (χ0) is 15.1. The van der Waals surface area contributed by atoms with Crippen LogP contribution in [0, 0.1) is 0 Å². The second-order valence-electron chi connectivity index (χ2n) is 5.47. The Hall–Kier alpha value is -2.30. The molecule has 0 aliphatic heterocycles. The highest BCUT2D eigenvalue weighted by molar-refractivity contribution is 6.78. The Kier molecular flexibility index (Phi) is 3.29. The number of hydrogen-bond acceptors (Lipinski definition) is 5. The van der Waals surface area contributed by atoms with Crippen molar-refractivity contribution in [1.29, 1.82) is 0 Å². The maximum atomic E-state index is 12.1. The SMILES string of the molecule is C=C/N=C1/C(=O)C(=O)c2oc(C(C)(C)C)nc2/C1=C/C. The molecule has 0 bridgehead atoms. The molecule has 0 amide bonds. The topological polar surface area (TPSA) is 72.5 Å². The lowest BCUT2D eigenvalue weighted by Crippen LogP contribution is -2.30. The molecule has 20 heavy (non-hydrogen) atoms. The van der Waals surface area contributed by atoms with E-state index in [9.17, 15) is 9.59 Å². The minimum atomic E-state index is -0.714. The molecule has 0 radical (unpaired) electrons. The fraction of sp³-hybridized carbons (Fsp3) is 0.333. The molecule has 0 unspecified atom stereocenters. The molecule has 0 saturated heterocycles. The van der Waals surface area contributed by atoms with Crippen molar-refractivity contribution in [1.82, 2.24) is 4.98 Å². The summed E-state index contributed by atoms with van der Waals surface area (Å²) in [6, 6.07) is 0. The maximum absolute atomic E-state index is 12.1. The smallest absolute Gasteiger partial charge is 0.272 e. The molecule has 5 heteroatoms. The summed E-state index contributed by atoms with van der Waals surface area (Å²) in [5.74, 6) is -0.991. The van der Waals surface area contributed by atoms with E-state index in [0.29, 0.717) is 17.2 Å². The summed E-state index contributed by atoms with van der Waals surface area (Å²) in [7, 11) is 0. The zero-order valence-electron chi connectivity index (χ0n) is 12.0. The Morgan fingerprint density at radius 1 is 1.25 bits per heavy atom. The highest BCUT2D eigenvalue weighted by Crippen LogP contribution is 2.32. The average molecular weight is 272 g/mol. The predicted octanol–water partition coefficient (Wildman–Crippen LogP) is 2.73. The Morgan fingerprint density at radius 3 is 2.40 bits per heavy atom. The van der Waals surface area contributed by atoms with Crippen molar-refractivity contribution in [3.8, 4) is 0 Å². The lowest BCUT2D eigenvalue weighted by molar-refractivity contribution is -0.109. The van der Waals surface area contributed by atoms with Gasteiger partial charge in [-0.3, -0.25) is 14.6 Å². The van der Waals surface area contributed by atoms with Gasteiger partial charge in [0.1, 0.15) is 11.4 Å². The second-order valence-corrected chi connectivity index (χ2v) is 5.47. The van der Waals surface area contributed by atoms with Crippen molar-refractivity contribution in [3.63, 3.8) is 0 Å². The number of Topliss-reactive ketones (excluding diaryl/α,β-unsaturated/α-hetero) is 2. The van der Waals surface area contributed by atoms with Crippen LogP contribution in [0.1, 0.15) is 49.8 Å². The zero-order valence-corrected chi connectivity index (χ0v) is 12.0. The van der Waals surface area contributed by atoms with Crippen LogP contribution in [0.3, 0.4) is 0 Å². The van der Waals surface area contributed by atoms with Crippen LogP contribution in [0.5, 0.6) is 0 Å².